The first kappa shape index (κ1) is 15.8. The van der Waals surface area contributed by atoms with E-state index < -0.39 is 0 Å². The Labute approximate surface area is 134 Å². The average Bonchev–Trinajstić information content (AvgIpc) is 2.47. The van der Waals surface area contributed by atoms with Gasteiger partial charge in [0, 0.05) is 0 Å². The quantitative estimate of drug-likeness (QED) is 0.708. The molecule has 0 aliphatic heterocycles. The van der Waals surface area contributed by atoms with Crippen LogP contribution in [0.15, 0.2) is 60.7 Å². The van der Waals surface area contributed by atoms with E-state index >= 15 is 0 Å². The van der Waals surface area contributed by atoms with E-state index in [-0.39, 0.29) is 6.10 Å². The summed E-state index contributed by atoms with van der Waals surface area (Å²) in [7, 11) is 0. The van der Waals surface area contributed by atoms with E-state index in [9.17, 15) is 5.11 Å². The topological polar surface area (TPSA) is 20.2 Å². The van der Waals surface area contributed by atoms with Crippen molar-refractivity contribution in [3.8, 4) is 0 Å². The van der Waals surface area contributed by atoms with Crippen molar-refractivity contribution in [1.29, 1.82) is 0 Å². The van der Waals surface area contributed by atoms with E-state index in [1.807, 2.05) is 6.92 Å². The summed E-state index contributed by atoms with van der Waals surface area (Å²) < 4.78 is 3.65. The van der Waals surface area contributed by atoms with Crippen LogP contribution in [0.3, 0.4) is 0 Å². The summed E-state index contributed by atoms with van der Waals surface area (Å²) in [5, 5.41) is 9.55. The number of aliphatic hydroxyl groups excluding tert-OH is 1. The predicted molar refractivity (Wildman–Crippen MR) is 88.3 cm³/mol. The summed E-state index contributed by atoms with van der Waals surface area (Å²) in [5.41, 5.74) is 0. The molecule has 0 aliphatic rings. The molecule has 2 aromatic carbocycles. The van der Waals surface area contributed by atoms with Crippen molar-refractivity contribution in [2.75, 3.05) is 0 Å². The Morgan fingerprint density at radius 1 is 0.800 bits per heavy atom. The molecule has 1 N–H and O–H groups in total. The van der Waals surface area contributed by atoms with E-state index in [4.69, 9.17) is 0 Å². The number of hydrogen-bond donors (Lipinski definition) is 1. The molecule has 1 unspecified atom stereocenters. The second-order valence-electron chi connectivity index (χ2n) is 4.72. The van der Waals surface area contributed by atoms with Crippen LogP contribution in [-0.4, -0.2) is 41.1 Å². The van der Waals surface area contributed by atoms with Gasteiger partial charge in [-0.2, -0.15) is 0 Å². The molecule has 0 aliphatic carbocycles. The Kier molecular flexibility index (Phi) is 6.85. The maximum absolute atomic E-state index is 9.55. The molecule has 3 heteroatoms. The van der Waals surface area contributed by atoms with E-state index in [0.29, 0.717) is 29.9 Å². The van der Waals surface area contributed by atoms with Crippen molar-refractivity contribution < 1.29 is 5.11 Å². The monoisotopic (exact) mass is 400 g/mol. The molecule has 1 atom stereocenters. The van der Waals surface area contributed by atoms with Gasteiger partial charge >= 0.3 is 134 Å². The van der Waals surface area contributed by atoms with Crippen LogP contribution in [0, 0.1) is 0 Å². The number of hydrogen-bond acceptors (Lipinski definition) is 1. The van der Waals surface area contributed by atoms with E-state index in [1.54, 1.807) is 0 Å². The molecular weight excluding hydrogens is 378 g/mol. The predicted octanol–water partition coefficient (Wildman–Crippen LogP) is 1.95. The van der Waals surface area contributed by atoms with Gasteiger partial charge in [0.2, 0.25) is 0 Å². The van der Waals surface area contributed by atoms with E-state index in [2.05, 4.69) is 60.7 Å². The molecular formula is C17H20OSe2. The molecule has 0 heterocycles. The Morgan fingerprint density at radius 2 is 1.25 bits per heavy atom. The first-order chi connectivity index (χ1) is 9.74. The summed E-state index contributed by atoms with van der Waals surface area (Å²) in [6, 6.07) is 21.6. The van der Waals surface area contributed by atoms with Gasteiger partial charge in [0.25, 0.3) is 0 Å². The molecule has 0 saturated carbocycles. The first-order valence-electron chi connectivity index (χ1n) is 6.85. The molecule has 20 heavy (non-hydrogen) atoms. The summed E-state index contributed by atoms with van der Waals surface area (Å²) >= 11 is 0.984. The maximum atomic E-state index is 9.55. The fraction of sp³-hybridized carbons (Fsp3) is 0.294. The normalized spacial score (nSPS) is 12.6. The molecule has 2 rings (SSSR count). The van der Waals surface area contributed by atoms with Gasteiger partial charge in [-0.25, -0.2) is 0 Å². The van der Waals surface area contributed by atoms with Crippen LogP contribution < -0.4 is 8.92 Å². The molecule has 0 radical (unpaired) electrons. The third kappa shape index (κ3) is 5.83. The van der Waals surface area contributed by atoms with Crippen molar-refractivity contribution in [1.82, 2.24) is 0 Å². The Balaban J connectivity index is 2.00. The second kappa shape index (κ2) is 8.67. The standard InChI is InChI=1S/C17H20OSe2/c1-14(18)12-13-17(19-15-8-4-2-5-9-15)20-16-10-6-3-7-11-16/h2-11,14,17-18H,12-13H2,1H3. The SMILES string of the molecule is CC(O)CCC([Se]c1ccccc1)[Se]c1ccccc1. The van der Waals surface area contributed by atoms with Crippen molar-refractivity contribution in [2.45, 2.75) is 29.6 Å². The van der Waals surface area contributed by atoms with Crippen LogP contribution in [0.4, 0.5) is 0 Å². The van der Waals surface area contributed by atoms with Gasteiger partial charge in [-0.15, -0.1) is 0 Å². The zero-order valence-electron chi connectivity index (χ0n) is 11.6. The minimum atomic E-state index is -0.185. The first-order valence-corrected chi connectivity index (χ1v) is 10.5. The molecule has 106 valence electrons. The van der Waals surface area contributed by atoms with Crippen LogP contribution >= 0.6 is 0 Å². The van der Waals surface area contributed by atoms with Gasteiger partial charge in [0.15, 0.2) is 0 Å². The summed E-state index contributed by atoms with van der Waals surface area (Å²) in [6.07, 6.45) is 1.85. The van der Waals surface area contributed by atoms with Crippen LogP contribution in [0.2, 0.25) is 3.71 Å². The molecule has 1 nitrogen and oxygen atoms in total. The van der Waals surface area contributed by atoms with Crippen molar-refractivity contribution in [2.24, 2.45) is 0 Å². The van der Waals surface area contributed by atoms with Crippen molar-refractivity contribution >= 4 is 38.8 Å². The molecule has 0 spiro atoms. The fourth-order valence-electron chi connectivity index (χ4n) is 1.82. The Hall–Kier alpha value is -0.561. The third-order valence-electron chi connectivity index (χ3n) is 2.84. The van der Waals surface area contributed by atoms with Crippen LogP contribution in [0.5, 0.6) is 0 Å². The van der Waals surface area contributed by atoms with Gasteiger partial charge in [-0.1, -0.05) is 0 Å². The van der Waals surface area contributed by atoms with Crippen LogP contribution in [0.25, 0.3) is 0 Å². The zero-order chi connectivity index (χ0) is 14.2. The summed E-state index contributed by atoms with van der Waals surface area (Å²) in [6.45, 7) is 1.89. The Bertz CT molecular complexity index is 443. The van der Waals surface area contributed by atoms with Gasteiger partial charge < -0.3 is 0 Å². The molecule has 2 aromatic rings. The van der Waals surface area contributed by atoms with Gasteiger partial charge in [0.1, 0.15) is 0 Å². The van der Waals surface area contributed by atoms with Gasteiger partial charge in [-0.3, -0.25) is 0 Å². The van der Waals surface area contributed by atoms with E-state index in [1.165, 1.54) is 8.92 Å². The zero-order valence-corrected chi connectivity index (χ0v) is 15.0. The number of benzene rings is 2. The average molecular weight is 398 g/mol. The summed E-state index contributed by atoms with van der Waals surface area (Å²) in [5.74, 6) is 0. The third-order valence-corrected chi connectivity index (χ3v) is 9.32. The second-order valence-corrected chi connectivity index (χ2v) is 11.6. The molecule has 0 bridgehead atoms. The van der Waals surface area contributed by atoms with Crippen LogP contribution in [-0.2, 0) is 0 Å². The Morgan fingerprint density at radius 3 is 1.65 bits per heavy atom. The number of aliphatic hydroxyl groups is 1. The number of rotatable bonds is 7. The van der Waals surface area contributed by atoms with Crippen molar-refractivity contribution in [3.05, 3.63) is 60.7 Å². The molecule has 0 saturated heterocycles. The fourth-order valence-corrected chi connectivity index (χ4v) is 8.53. The van der Waals surface area contributed by atoms with Gasteiger partial charge in [0.05, 0.1) is 0 Å². The summed E-state index contributed by atoms with van der Waals surface area (Å²) in [4.78, 5) is 0. The molecule has 0 fully saturated rings. The van der Waals surface area contributed by atoms with Gasteiger partial charge in [-0.05, 0) is 0 Å². The molecule has 0 aromatic heterocycles. The van der Waals surface area contributed by atoms with E-state index in [0.717, 1.165) is 16.6 Å². The van der Waals surface area contributed by atoms with Crippen LogP contribution in [0.1, 0.15) is 19.8 Å². The molecule has 0 amide bonds. The van der Waals surface area contributed by atoms with Crippen molar-refractivity contribution in [3.63, 3.8) is 0 Å². The minimum absolute atomic E-state index is 0.185.